The van der Waals surface area contributed by atoms with Gasteiger partial charge in [0.05, 0.1) is 12.2 Å². The minimum absolute atomic E-state index is 0.0633. The number of allylic oxidation sites excluding steroid dienone is 1. The van der Waals surface area contributed by atoms with Gasteiger partial charge in [0.1, 0.15) is 0 Å². The van der Waals surface area contributed by atoms with E-state index in [0.717, 1.165) is 55.3 Å². The minimum Gasteiger partial charge on any atom is -0.393 e. The largest absolute Gasteiger partial charge is 0.393 e. The van der Waals surface area contributed by atoms with Crippen molar-refractivity contribution in [2.75, 3.05) is 0 Å². The Morgan fingerprint density at radius 1 is 0.966 bits per heavy atom. The Balaban J connectivity index is 1.29. The summed E-state index contributed by atoms with van der Waals surface area (Å²) in [4.78, 5) is 0. The Bertz CT molecular complexity index is 634. The van der Waals surface area contributed by atoms with Crippen molar-refractivity contribution in [3.63, 3.8) is 0 Å². The second-order valence-electron chi connectivity index (χ2n) is 12.3. The molecule has 0 aromatic heterocycles. The molecule has 8 atom stereocenters. The third-order valence-corrected chi connectivity index (χ3v) is 10.9. The topological polar surface area (TPSA) is 40.5 Å². The quantitative estimate of drug-likeness (QED) is 0.547. The van der Waals surface area contributed by atoms with E-state index in [1.165, 1.54) is 64.2 Å². The van der Waals surface area contributed by atoms with Gasteiger partial charge in [-0.1, -0.05) is 51.2 Å². The molecule has 2 nitrogen and oxygen atoms in total. The average Bonchev–Trinajstić information content (AvgIpc) is 3.30. The van der Waals surface area contributed by atoms with Crippen molar-refractivity contribution in [2.24, 2.45) is 40.4 Å². The Kier molecular flexibility index (Phi) is 5.43. The molecule has 0 saturated heterocycles. The first-order chi connectivity index (χ1) is 13.9. The zero-order valence-electron chi connectivity index (χ0n) is 18.9. The normalized spacial score (nSPS) is 48.6. The Morgan fingerprint density at radius 2 is 1.76 bits per heavy atom. The van der Waals surface area contributed by atoms with Gasteiger partial charge in [0.15, 0.2) is 0 Å². The van der Waals surface area contributed by atoms with E-state index < -0.39 is 0 Å². The molecule has 8 unspecified atom stereocenters. The van der Waals surface area contributed by atoms with E-state index >= 15 is 0 Å². The summed E-state index contributed by atoms with van der Waals surface area (Å²) in [5, 5.41) is 21.1. The van der Waals surface area contributed by atoms with Gasteiger partial charge in [-0.3, -0.25) is 0 Å². The molecule has 5 rings (SSSR count). The van der Waals surface area contributed by atoms with Crippen LogP contribution in [-0.2, 0) is 0 Å². The molecule has 29 heavy (non-hydrogen) atoms. The van der Waals surface area contributed by atoms with Gasteiger partial charge < -0.3 is 10.2 Å². The second-order valence-corrected chi connectivity index (χ2v) is 12.3. The first kappa shape index (κ1) is 20.6. The van der Waals surface area contributed by atoms with E-state index in [4.69, 9.17) is 0 Å². The van der Waals surface area contributed by atoms with Gasteiger partial charge in [-0.25, -0.2) is 0 Å². The molecule has 0 heterocycles. The zero-order chi connectivity index (χ0) is 20.2. The van der Waals surface area contributed by atoms with Gasteiger partial charge in [-0.2, -0.15) is 0 Å². The molecule has 0 aliphatic heterocycles. The van der Waals surface area contributed by atoms with Crippen LogP contribution in [0.1, 0.15) is 104 Å². The molecular formula is C27H44O2. The Labute approximate surface area is 178 Å². The molecule has 5 aliphatic rings. The van der Waals surface area contributed by atoms with Crippen LogP contribution in [0.3, 0.4) is 0 Å². The van der Waals surface area contributed by atoms with Gasteiger partial charge in [0.25, 0.3) is 0 Å². The van der Waals surface area contributed by atoms with Crippen LogP contribution in [0.15, 0.2) is 11.6 Å². The summed E-state index contributed by atoms with van der Waals surface area (Å²) in [5.74, 6) is 4.06. The SMILES string of the molecule is CC12CCC(O)CC1=CCC1C2CCC2(C)C(CC(O)CC3CCCC3)CCC12. The molecule has 2 N–H and O–H groups in total. The highest BCUT2D eigenvalue weighted by atomic mass is 16.3. The lowest BCUT2D eigenvalue weighted by molar-refractivity contribution is -0.0561. The molecule has 0 amide bonds. The fourth-order valence-electron chi connectivity index (χ4n) is 9.19. The fraction of sp³-hybridized carbons (Fsp3) is 0.926. The fourth-order valence-corrected chi connectivity index (χ4v) is 9.19. The maximum Gasteiger partial charge on any atom is 0.0577 e. The third kappa shape index (κ3) is 3.45. The van der Waals surface area contributed by atoms with E-state index in [0.29, 0.717) is 10.8 Å². The predicted molar refractivity (Wildman–Crippen MR) is 118 cm³/mol. The van der Waals surface area contributed by atoms with E-state index in [-0.39, 0.29) is 12.2 Å². The lowest BCUT2D eigenvalue weighted by Crippen LogP contribution is -2.50. The van der Waals surface area contributed by atoms with Crippen molar-refractivity contribution < 1.29 is 10.2 Å². The summed E-state index contributed by atoms with van der Waals surface area (Å²) in [5.41, 5.74) is 2.39. The number of fused-ring (bicyclic) bond motifs is 5. The number of aliphatic hydroxyl groups is 2. The summed E-state index contributed by atoms with van der Waals surface area (Å²) in [6, 6.07) is 0. The molecule has 0 aromatic carbocycles. The zero-order valence-corrected chi connectivity index (χ0v) is 18.9. The first-order valence-corrected chi connectivity index (χ1v) is 13.0. The summed E-state index contributed by atoms with van der Waals surface area (Å²) >= 11 is 0. The maximum atomic E-state index is 10.9. The summed E-state index contributed by atoms with van der Waals surface area (Å²) in [6.45, 7) is 5.13. The molecule has 0 bridgehead atoms. The van der Waals surface area contributed by atoms with Crippen LogP contribution < -0.4 is 0 Å². The summed E-state index contributed by atoms with van der Waals surface area (Å²) in [7, 11) is 0. The van der Waals surface area contributed by atoms with E-state index in [9.17, 15) is 10.2 Å². The number of hydrogen-bond acceptors (Lipinski definition) is 2. The van der Waals surface area contributed by atoms with Crippen LogP contribution in [0, 0.1) is 40.4 Å². The molecular weight excluding hydrogens is 356 g/mol. The smallest absolute Gasteiger partial charge is 0.0577 e. The average molecular weight is 401 g/mol. The van der Waals surface area contributed by atoms with Crippen LogP contribution in [0.2, 0.25) is 0 Å². The van der Waals surface area contributed by atoms with Crippen LogP contribution in [0.4, 0.5) is 0 Å². The van der Waals surface area contributed by atoms with Crippen LogP contribution in [0.5, 0.6) is 0 Å². The Hall–Kier alpha value is -0.340. The van der Waals surface area contributed by atoms with Crippen molar-refractivity contribution in [3.8, 4) is 0 Å². The third-order valence-electron chi connectivity index (χ3n) is 10.9. The molecule has 4 saturated carbocycles. The van der Waals surface area contributed by atoms with Gasteiger partial charge >= 0.3 is 0 Å². The van der Waals surface area contributed by atoms with Crippen LogP contribution in [-0.4, -0.2) is 22.4 Å². The lowest BCUT2D eigenvalue weighted by atomic mass is 9.47. The number of hydrogen-bond donors (Lipinski definition) is 2. The molecule has 164 valence electrons. The molecule has 0 aromatic rings. The van der Waals surface area contributed by atoms with Gasteiger partial charge in [-0.05, 0) is 105 Å². The molecule has 2 heteroatoms. The summed E-state index contributed by atoms with van der Waals surface area (Å²) < 4.78 is 0. The maximum absolute atomic E-state index is 10.9. The number of aliphatic hydroxyl groups excluding tert-OH is 2. The predicted octanol–water partition coefficient (Wildman–Crippen LogP) is 6.26. The molecule has 0 radical (unpaired) electrons. The van der Waals surface area contributed by atoms with Crippen molar-refractivity contribution in [3.05, 3.63) is 11.6 Å². The molecule has 4 fully saturated rings. The first-order valence-electron chi connectivity index (χ1n) is 13.0. The van der Waals surface area contributed by atoms with Gasteiger partial charge in [-0.15, -0.1) is 0 Å². The van der Waals surface area contributed by atoms with Crippen molar-refractivity contribution in [2.45, 2.75) is 116 Å². The Morgan fingerprint density at radius 3 is 2.55 bits per heavy atom. The lowest BCUT2D eigenvalue weighted by Gasteiger charge is -2.58. The van der Waals surface area contributed by atoms with E-state index in [1.807, 2.05) is 0 Å². The van der Waals surface area contributed by atoms with Gasteiger partial charge in [0, 0.05) is 0 Å². The van der Waals surface area contributed by atoms with E-state index in [2.05, 4.69) is 19.9 Å². The highest BCUT2D eigenvalue weighted by molar-refractivity contribution is 5.25. The second kappa shape index (κ2) is 7.66. The number of rotatable bonds is 4. The van der Waals surface area contributed by atoms with E-state index in [1.54, 1.807) is 5.57 Å². The van der Waals surface area contributed by atoms with Crippen molar-refractivity contribution in [1.29, 1.82) is 0 Å². The van der Waals surface area contributed by atoms with Crippen molar-refractivity contribution >= 4 is 0 Å². The van der Waals surface area contributed by atoms with Gasteiger partial charge in [0.2, 0.25) is 0 Å². The minimum atomic E-state index is -0.100. The van der Waals surface area contributed by atoms with Crippen LogP contribution >= 0.6 is 0 Å². The molecule has 5 aliphatic carbocycles. The van der Waals surface area contributed by atoms with Crippen LogP contribution in [0.25, 0.3) is 0 Å². The highest BCUT2D eigenvalue weighted by Gasteiger charge is 2.58. The standard InChI is InChI=1S/C27H44O2/c1-26-13-11-21(28)16-19(26)7-9-23-24-10-8-20(27(24,2)14-12-25(23)26)17-22(29)15-18-5-3-4-6-18/h7,18,20-25,28-29H,3-6,8-17H2,1-2H3. The summed E-state index contributed by atoms with van der Waals surface area (Å²) in [6.07, 6.45) is 19.8. The van der Waals surface area contributed by atoms with Crippen molar-refractivity contribution in [1.82, 2.24) is 0 Å². The highest BCUT2D eigenvalue weighted by Crippen LogP contribution is 2.66. The monoisotopic (exact) mass is 400 g/mol. The molecule has 0 spiro atoms.